The molecule has 3 rings (SSSR count). The van der Waals surface area contributed by atoms with Gasteiger partial charge in [0.25, 0.3) is 0 Å². The fourth-order valence-electron chi connectivity index (χ4n) is 5.67. The smallest absolute Gasteiger partial charge is 0.194 e. The fraction of sp³-hybridized carbons (Fsp3) is 0.724. The van der Waals surface area contributed by atoms with Crippen molar-refractivity contribution in [1.29, 1.82) is 5.41 Å². The highest BCUT2D eigenvalue weighted by Gasteiger charge is 2.33. The molecule has 196 valence electrons. The summed E-state index contributed by atoms with van der Waals surface area (Å²) in [6.07, 6.45) is 13.3. The Hall–Kier alpha value is -2.24. The molecule has 1 fully saturated rings. The van der Waals surface area contributed by atoms with E-state index in [-0.39, 0.29) is 0 Å². The fourth-order valence-corrected chi connectivity index (χ4v) is 5.67. The van der Waals surface area contributed by atoms with Crippen LogP contribution >= 0.6 is 0 Å². The lowest BCUT2D eigenvalue weighted by Crippen LogP contribution is -2.41. The quantitative estimate of drug-likeness (QED) is 0.310. The number of benzene rings is 1. The van der Waals surface area contributed by atoms with Crippen LogP contribution in [0.3, 0.4) is 0 Å². The molecule has 0 saturated carbocycles. The molecule has 0 radical (unpaired) electrons. The van der Waals surface area contributed by atoms with Crippen LogP contribution < -0.4 is 5.73 Å². The van der Waals surface area contributed by atoms with Gasteiger partial charge in [0, 0.05) is 32.2 Å². The van der Waals surface area contributed by atoms with Crippen LogP contribution in [0.25, 0.3) is 0 Å². The molecule has 0 spiro atoms. The first-order chi connectivity index (χ1) is 17.0. The lowest BCUT2D eigenvalue weighted by molar-refractivity contribution is 0.302. The van der Waals surface area contributed by atoms with Crippen LogP contribution in [-0.4, -0.2) is 71.4 Å². The second kappa shape index (κ2) is 14.4. The van der Waals surface area contributed by atoms with Crippen molar-refractivity contribution >= 4 is 11.9 Å². The van der Waals surface area contributed by atoms with E-state index in [2.05, 4.69) is 64.7 Å². The number of aryl methyl sites for hydroxylation is 1. The van der Waals surface area contributed by atoms with E-state index < -0.39 is 0 Å². The summed E-state index contributed by atoms with van der Waals surface area (Å²) < 4.78 is 0. The zero-order valence-corrected chi connectivity index (χ0v) is 22.6. The van der Waals surface area contributed by atoms with Gasteiger partial charge in [-0.05, 0) is 51.0 Å². The van der Waals surface area contributed by atoms with Crippen molar-refractivity contribution in [3.05, 3.63) is 35.4 Å². The van der Waals surface area contributed by atoms with Gasteiger partial charge in [0.15, 0.2) is 11.9 Å². The molecule has 35 heavy (non-hydrogen) atoms. The van der Waals surface area contributed by atoms with Gasteiger partial charge in [-0.15, -0.1) is 0 Å². The second-order valence-electron chi connectivity index (χ2n) is 10.6. The van der Waals surface area contributed by atoms with E-state index in [1.54, 1.807) is 0 Å². The molecule has 6 nitrogen and oxygen atoms in total. The molecule has 1 unspecified atom stereocenters. The van der Waals surface area contributed by atoms with Crippen molar-refractivity contribution in [2.75, 3.05) is 32.7 Å². The van der Waals surface area contributed by atoms with E-state index in [1.807, 2.05) is 0 Å². The van der Waals surface area contributed by atoms with Crippen molar-refractivity contribution < 1.29 is 0 Å². The van der Waals surface area contributed by atoms with Gasteiger partial charge in [-0.3, -0.25) is 10.4 Å². The summed E-state index contributed by atoms with van der Waals surface area (Å²) in [6.45, 7) is 11.5. The normalized spacial score (nSPS) is 20.3. The minimum absolute atomic E-state index is 0.470. The number of hydrogen-bond acceptors (Lipinski definition) is 4. The maximum absolute atomic E-state index is 8.87. The first-order valence-corrected chi connectivity index (χ1v) is 14.3. The molecule has 0 bridgehead atoms. The van der Waals surface area contributed by atoms with Crippen LogP contribution in [0.15, 0.2) is 29.3 Å². The molecule has 2 atom stereocenters. The SMILES string of the molecule is CCCCCCCN1C(N)=NCC1CCCCN1C[C@@H](CCC)N(CCc2cccc(C)c2)C1=N. The van der Waals surface area contributed by atoms with Gasteiger partial charge in [-0.1, -0.05) is 75.8 Å². The van der Waals surface area contributed by atoms with Crippen molar-refractivity contribution in [3.63, 3.8) is 0 Å². The number of guanidine groups is 2. The Morgan fingerprint density at radius 1 is 0.914 bits per heavy atom. The Morgan fingerprint density at radius 2 is 1.71 bits per heavy atom. The van der Waals surface area contributed by atoms with Crippen molar-refractivity contribution in [2.24, 2.45) is 10.7 Å². The molecule has 2 aliphatic rings. The number of rotatable bonds is 16. The third-order valence-corrected chi connectivity index (χ3v) is 7.71. The average molecular weight is 483 g/mol. The van der Waals surface area contributed by atoms with E-state index in [0.29, 0.717) is 12.1 Å². The number of aliphatic imine (C=N–C) groups is 1. The Bertz CT molecular complexity index is 806. The molecule has 0 aliphatic carbocycles. The molecule has 0 amide bonds. The number of nitrogens with two attached hydrogens (primary N) is 1. The molecule has 6 heteroatoms. The van der Waals surface area contributed by atoms with Gasteiger partial charge in [0.05, 0.1) is 12.6 Å². The number of hydrogen-bond donors (Lipinski definition) is 2. The number of unbranched alkanes of at least 4 members (excludes halogenated alkanes) is 5. The van der Waals surface area contributed by atoms with E-state index in [1.165, 1.54) is 62.5 Å². The highest BCUT2D eigenvalue weighted by Crippen LogP contribution is 2.22. The predicted octanol–water partition coefficient (Wildman–Crippen LogP) is 5.40. The monoisotopic (exact) mass is 482 g/mol. The Kier molecular flexibility index (Phi) is 11.2. The average Bonchev–Trinajstić information content (AvgIpc) is 3.34. The lowest BCUT2D eigenvalue weighted by Gasteiger charge is -2.27. The summed E-state index contributed by atoms with van der Waals surface area (Å²) in [5.41, 5.74) is 8.89. The second-order valence-corrected chi connectivity index (χ2v) is 10.6. The number of nitrogens with zero attached hydrogens (tertiary/aromatic N) is 4. The molecule has 0 aromatic heterocycles. The van der Waals surface area contributed by atoms with Crippen LogP contribution in [0.4, 0.5) is 0 Å². The van der Waals surface area contributed by atoms with E-state index in [4.69, 9.17) is 11.1 Å². The Morgan fingerprint density at radius 3 is 2.49 bits per heavy atom. The van der Waals surface area contributed by atoms with Gasteiger partial charge in [-0.25, -0.2) is 0 Å². The molecule has 1 saturated heterocycles. The first-order valence-electron chi connectivity index (χ1n) is 14.3. The minimum atomic E-state index is 0.470. The summed E-state index contributed by atoms with van der Waals surface area (Å²) in [7, 11) is 0. The van der Waals surface area contributed by atoms with Crippen LogP contribution in [0.2, 0.25) is 0 Å². The molecule has 2 heterocycles. The van der Waals surface area contributed by atoms with Crippen LogP contribution in [0.5, 0.6) is 0 Å². The van der Waals surface area contributed by atoms with Gasteiger partial charge >= 0.3 is 0 Å². The summed E-state index contributed by atoms with van der Waals surface area (Å²) in [5.74, 6) is 1.48. The minimum Gasteiger partial charge on any atom is -0.370 e. The molecular formula is C29H50N6. The maximum atomic E-state index is 8.87. The zero-order chi connectivity index (χ0) is 25.0. The molecule has 1 aromatic rings. The predicted molar refractivity (Wildman–Crippen MR) is 149 cm³/mol. The first kappa shape index (κ1) is 27.3. The molecule has 2 aliphatic heterocycles. The van der Waals surface area contributed by atoms with Gasteiger partial charge in [0.1, 0.15) is 0 Å². The molecule has 1 aromatic carbocycles. The van der Waals surface area contributed by atoms with Gasteiger partial charge < -0.3 is 20.4 Å². The largest absolute Gasteiger partial charge is 0.370 e. The highest BCUT2D eigenvalue weighted by atomic mass is 15.4. The van der Waals surface area contributed by atoms with Crippen LogP contribution in [0.1, 0.15) is 89.2 Å². The lowest BCUT2D eigenvalue weighted by atomic mass is 10.1. The van der Waals surface area contributed by atoms with Crippen molar-refractivity contribution in [3.8, 4) is 0 Å². The third-order valence-electron chi connectivity index (χ3n) is 7.71. The van der Waals surface area contributed by atoms with Crippen LogP contribution in [-0.2, 0) is 6.42 Å². The topological polar surface area (TPSA) is 72.0 Å². The summed E-state index contributed by atoms with van der Waals surface area (Å²) in [5, 5.41) is 8.87. The number of nitrogens with one attached hydrogen (secondary N) is 1. The van der Waals surface area contributed by atoms with Crippen LogP contribution in [0, 0.1) is 12.3 Å². The Labute approximate surface area is 214 Å². The summed E-state index contributed by atoms with van der Waals surface area (Å²) >= 11 is 0. The van der Waals surface area contributed by atoms with E-state index in [0.717, 1.165) is 63.9 Å². The molecular weight excluding hydrogens is 432 g/mol. The highest BCUT2D eigenvalue weighted by molar-refractivity contribution is 5.80. The zero-order valence-electron chi connectivity index (χ0n) is 22.6. The van der Waals surface area contributed by atoms with Crippen molar-refractivity contribution in [1.82, 2.24) is 14.7 Å². The third kappa shape index (κ3) is 8.15. The molecule has 3 N–H and O–H groups in total. The maximum Gasteiger partial charge on any atom is 0.194 e. The Balaban J connectivity index is 1.41. The van der Waals surface area contributed by atoms with E-state index >= 15 is 0 Å². The standard InChI is InChI=1S/C29H50N6/c1-4-6-7-8-10-19-34-26(22-32-28(34)30)16-9-11-18-33-23-27(13-5-2)35(29(33)31)20-17-25-15-12-14-24(3)21-25/h12,14-15,21,26-27,31H,4-11,13,16-20,22-23H2,1-3H3,(H2,30,32)/t26?,27-/m1/s1. The van der Waals surface area contributed by atoms with E-state index in [9.17, 15) is 0 Å². The summed E-state index contributed by atoms with van der Waals surface area (Å²) in [4.78, 5) is 11.6. The van der Waals surface area contributed by atoms with Crippen molar-refractivity contribution in [2.45, 2.75) is 103 Å². The van der Waals surface area contributed by atoms with Gasteiger partial charge in [-0.2, -0.15) is 0 Å². The van der Waals surface area contributed by atoms with Gasteiger partial charge in [0.2, 0.25) is 0 Å². The summed E-state index contributed by atoms with van der Waals surface area (Å²) in [6, 6.07) is 9.74.